The molecule has 2 heterocycles. The molecule has 1 aliphatic heterocycles. The van der Waals surface area contributed by atoms with Crippen LogP contribution in [0.3, 0.4) is 0 Å². The van der Waals surface area contributed by atoms with Crippen molar-refractivity contribution in [3.05, 3.63) is 11.1 Å². The van der Waals surface area contributed by atoms with Gasteiger partial charge in [0.25, 0.3) is 0 Å². The summed E-state index contributed by atoms with van der Waals surface area (Å²) in [6, 6.07) is 0.711. The second-order valence-electron chi connectivity index (χ2n) is 6.02. The number of ether oxygens (including phenoxy) is 1. The lowest BCUT2D eigenvalue weighted by Gasteiger charge is -2.37. The van der Waals surface area contributed by atoms with Crippen molar-refractivity contribution in [2.75, 3.05) is 18.1 Å². The van der Waals surface area contributed by atoms with Crippen LogP contribution < -0.4 is 4.90 Å². The molecule has 116 valence electrons. The van der Waals surface area contributed by atoms with Crippen molar-refractivity contribution < 1.29 is 9.53 Å². The van der Waals surface area contributed by atoms with Crippen molar-refractivity contribution in [3.63, 3.8) is 0 Å². The Labute approximate surface area is 130 Å². The second-order valence-corrected chi connectivity index (χ2v) is 6.86. The Bertz CT molecular complexity index is 488. The molecule has 1 aliphatic carbocycles. The highest BCUT2D eigenvalue weighted by Gasteiger charge is 2.36. The van der Waals surface area contributed by atoms with E-state index in [0.717, 1.165) is 23.3 Å². The minimum absolute atomic E-state index is 0.124. The first-order valence-electron chi connectivity index (χ1n) is 8.14. The lowest BCUT2D eigenvalue weighted by Crippen LogP contribution is -2.42. The minimum atomic E-state index is -0.124. The lowest BCUT2D eigenvalue weighted by molar-refractivity contribution is -0.143. The number of esters is 1. The molecule has 1 aromatic rings. The molecule has 5 heteroatoms. The first kappa shape index (κ1) is 14.8. The zero-order valence-electron chi connectivity index (χ0n) is 12.7. The van der Waals surface area contributed by atoms with Gasteiger partial charge in [-0.15, -0.1) is 11.3 Å². The molecule has 2 aliphatic rings. The van der Waals surface area contributed by atoms with Crippen LogP contribution in [0.1, 0.15) is 51.1 Å². The minimum Gasteiger partial charge on any atom is -0.466 e. The van der Waals surface area contributed by atoms with Gasteiger partial charge in [-0.2, -0.15) is 0 Å². The van der Waals surface area contributed by atoms with Crippen LogP contribution in [0.4, 0.5) is 5.13 Å². The van der Waals surface area contributed by atoms with Crippen LogP contribution in [-0.4, -0.2) is 30.1 Å². The zero-order chi connectivity index (χ0) is 14.7. The molecule has 21 heavy (non-hydrogen) atoms. The molecule has 2 fully saturated rings. The maximum absolute atomic E-state index is 11.4. The van der Waals surface area contributed by atoms with Crippen molar-refractivity contribution in [1.29, 1.82) is 0 Å². The van der Waals surface area contributed by atoms with E-state index in [2.05, 4.69) is 10.3 Å². The Morgan fingerprint density at radius 1 is 1.43 bits per heavy atom. The van der Waals surface area contributed by atoms with Crippen LogP contribution in [-0.2, 0) is 16.0 Å². The summed E-state index contributed by atoms with van der Waals surface area (Å²) in [5.41, 5.74) is 1.03. The Kier molecular flexibility index (Phi) is 4.78. The molecular formula is C16H24N2O2S. The number of aromatic nitrogens is 1. The van der Waals surface area contributed by atoms with Crippen LogP contribution in [0.5, 0.6) is 0 Å². The van der Waals surface area contributed by atoms with Gasteiger partial charge in [-0.1, -0.05) is 6.42 Å². The number of carbonyl (C=O) groups is 1. The third-order valence-corrected chi connectivity index (χ3v) is 5.60. The SMILES string of the molecule is CCOC(=O)CCc1csc(N2CCCC3CCCC32)n1. The highest BCUT2D eigenvalue weighted by Crippen LogP contribution is 2.39. The Morgan fingerprint density at radius 2 is 2.29 bits per heavy atom. The van der Waals surface area contributed by atoms with E-state index in [1.54, 1.807) is 11.3 Å². The van der Waals surface area contributed by atoms with Gasteiger partial charge >= 0.3 is 5.97 Å². The molecule has 1 saturated carbocycles. The number of anilines is 1. The third-order valence-electron chi connectivity index (χ3n) is 4.67. The highest BCUT2D eigenvalue weighted by atomic mass is 32.1. The van der Waals surface area contributed by atoms with E-state index in [1.165, 1.54) is 32.1 Å². The van der Waals surface area contributed by atoms with Gasteiger partial charge in [0.2, 0.25) is 0 Å². The Morgan fingerprint density at radius 3 is 3.14 bits per heavy atom. The van der Waals surface area contributed by atoms with Gasteiger partial charge in [0.05, 0.1) is 18.7 Å². The van der Waals surface area contributed by atoms with Crippen molar-refractivity contribution in [2.45, 2.75) is 57.9 Å². The number of aryl methyl sites for hydroxylation is 1. The Hall–Kier alpha value is -1.10. The maximum atomic E-state index is 11.4. The van der Waals surface area contributed by atoms with E-state index >= 15 is 0 Å². The molecule has 0 N–H and O–H groups in total. The number of piperidine rings is 1. The van der Waals surface area contributed by atoms with E-state index in [0.29, 0.717) is 25.5 Å². The van der Waals surface area contributed by atoms with Gasteiger partial charge in [0.1, 0.15) is 0 Å². The molecule has 0 amide bonds. The number of hydrogen-bond donors (Lipinski definition) is 0. The quantitative estimate of drug-likeness (QED) is 0.782. The molecule has 1 saturated heterocycles. The van der Waals surface area contributed by atoms with Crippen LogP contribution in [0.15, 0.2) is 5.38 Å². The number of fused-ring (bicyclic) bond motifs is 1. The van der Waals surface area contributed by atoms with Crippen LogP contribution in [0.2, 0.25) is 0 Å². The molecule has 0 aromatic carbocycles. The molecule has 0 spiro atoms. The molecule has 0 bridgehead atoms. The van der Waals surface area contributed by atoms with E-state index < -0.39 is 0 Å². The number of carbonyl (C=O) groups excluding carboxylic acids is 1. The third kappa shape index (κ3) is 3.39. The summed E-state index contributed by atoms with van der Waals surface area (Å²) in [7, 11) is 0. The van der Waals surface area contributed by atoms with E-state index in [1.807, 2.05) is 6.92 Å². The fourth-order valence-corrected chi connectivity index (χ4v) is 4.64. The maximum Gasteiger partial charge on any atom is 0.306 e. The van der Waals surface area contributed by atoms with E-state index in [9.17, 15) is 4.79 Å². The average Bonchev–Trinajstić information content (AvgIpc) is 3.14. The summed E-state index contributed by atoms with van der Waals surface area (Å²) in [6.45, 7) is 3.44. The fourth-order valence-electron chi connectivity index (χ4n) is 3.70. The summed E-state index contributed by atoms with van der Waals surface area (Å²) >= 11 is 1.73. The number of thiazole rings is 1. The van der Waals surface area contributed by atoms with Gasteiger partial charge in [-0.25, -0.2) is 4.98 Å². The first-order valence-corrected chi connectivity index (χ1v) is 9.02. The van der Waals surface area contributed by atoms with Crippen molar-refractivity contribution in [3.8, 4) is 0 Å². The molecule has 0 radical (unpaired) electrons. The second kappa shape index (κ2) is 6.77. The van der Waals surface area contributed by atoms with Crippen LogP contribution >= 0.6 is 11.3 Å². The summed E-state index contributed by atoms with van der Waals surface area (Å²) in [4.78, 5) is 18.7. The predicted molar refractivity (Wildman–Crippen MR) is 84.8 cm³/mol. The van der Waals surface area contributed by atoms with Crippen molar-refractivity contribution >= 4 is 22.4 Å². The summed E-state index contributed by atoms with van der Waals surface area (Å²) in [5.74, 6) is 0.756. The summed E-state index contributed by atoms with van der Waals surface area (Å²) in [6.07, 6.45) is 7.89. The Balaban J connectivity index is 1.60. The molecule has 2 atom stereocenters. The summed E-state index contributed by atoms with van der Waals surface area (Å²) in [5, 5.41) is 3.26. The molecule has 1 aromatic heterocycles. The predicted octanol–water partition coefficient (Wildman–Crippen LogP) is 3.41. The van der Waals surface area contributed by atoms with Crippen LogP contribution in [0.25, 0.3) is 0 Å². The van der Waals surface area contributed by atoms with Gasteiger partial charge in [0.15, 0.2) is 5.13 Å². The average molecular weight is 308 g/mol. The lowest BCUT2D eigenvalue weighted by atomic mass is 9.92. The van der Waals surface area contributed by atoms with Crippen LogP contribution in [0, 0.1) is 5.92 Å². The van der Waals surface area contributed by atoms with Crippen molar-refractivity contribution in [2.24, 2.45) is 5.92 Å². The molecule has 4 nitrogen and oxygen atoms in total. The molecule has 3 rings (SSSR count). The van der Waals surface area contributed by atoms with E-state index in [4.69, 9.17) is 9.72 Å². The number of rotatable bonds is 5. The zero-order valence-corrected chi connectivity index (χ0v) is 13.5. The van der Waals surface area contributed by atoms with Crippen molar-refractivity contribution in [1.82, 2.24) is 4.98 Å². The normalized spacial score (nSPS) is 24.9. The van der Waals surface area contributed by atoms with Gasteiger partial charge in [0, 0.05) is 24.4 Å². The number of nitrogens with zero attached hydrogens (tertiary/aromatic N) is 2. The standard InChI is InChI=1S/C16H24N2O2S/c1-2-20-15(19)9-8-13-11-21-16(17-13)18-10-4-6-12-5-3-7-14(12)18/h11-12,14H,2-10H2,1H3. The largest absolute Gasteiger partial charge is 0.466 e. The first-order chi connectivity index (χ1) is 10.3. The number of hydrogen-bond acceptors (Lipinski definition) is 5. The van der Waals surface area contributed by atoms with Gasteiger partial charge in [-0.3, -0.25) is 4.79 Å². The topological polar surface area (TPSA) is 42.4 Å². The smallest absolute Gasteiger partial charge is 0.306 e. The molecule has 2 unspecified atom stereocenters. The monoisotopic (exact) mass is 308 g/mol. The van der Waals surface area contributed by atoms with Gasteiger partial charge in [-0.05, 0) is 38.5 Å². The highest BCUT2D eigenvalue weighted by molar-refractivity contribution is 7.13. The summed E-state index contributed by atoms with van der Waals surface area (Å²) < 4.78 is 4.97. The van der Waals surface area contributed by atoms with Gasteiger partial charge < -0.3 is 9.64 Å². The molecular weight excluding hydrogens is 284 g/mol. The van der Waals surface area contributed by atoms with E-state index in [-0.39, 0.29) is 5.97 Å². The fraction of sp³-hybridized carbons (Fsp3) is 0.750.